The molecule has 2 unspecified atom stereocenters. The Morgan fingerprint density at radius 1 is 1.05 bits per heavy atom. The van der Waals surface area contributed by atoms with Crippen molar-refractivity contribution in [2.45, 2.75) is 26.0 Å². The van der Waals surface area contributed by atoms with Gasteiger partial charge in [-0.3, -0.25) is 0 Å². The quantitative estimate of drug-likeness (QED) is 0.924. The normalized spacial score (nSPS) is 13.8. The molecule has 0 aliphatic rings. The maximum absolute atomic E-state index is 13.2. The van der Waals surface area contributed by atoms with Crippen LogP contribution in [0.3, 0.4) is 0 Å². The first-order valence-electron chi connectivity index (χ1n) is 6.41. The summed E-state index contributed by atoms with van der Waals surface area (Å²) in [6, 6.07) is 10.3. The van der Waals surface area contributed by atoms with Crippen LogP contribution in [0.1, 0.15) is 24.2 Å². The fourth-order valence-corrected chi connectivity index (χ4v) is 1.97. The van der Waals surface area contributed by atoms with E-state index in [0.29, 0.717) is 11.3 Å². The van der Waals surface area contributed by atoms with Crippen molar-refractivity contribution >= 4 is 0 Å². The molecular formula is C16H17F2NO. The molecule has 0 aromatic heterocycles. The van der Waals surface area contributed by atoms with Gasteiger partial charge in [-0.05, 0) is 55.3 Å². The van der Waals surface area contributed by atoms with Crippen molar-refractivity contribution in [1.82, 2.24) is 0 Å². The lowest BCUT2D eigenvalue weighted by atomic mass is 10.0. The smallest absolute Gasteiger partial charge is 0.138 e. The summed E-state index contributed by atoms with van der Waals surface area (Å²) in [4.78, 5) is 0. The van der Waals surface area contributed by atoms with Gasteiger partial charge in [0.05, 0.1) is 0 Å². The summed E-state index contributed by atoms with van der Waals surface area (Å²) in [6.07, 6.45) is -0.416. The SMILES string of the molecule is Cc1cc(OC(c2ccc(F)cc2)C(C)N)ccc1F. The van der Waals surface area contributed by atoms with Crippen LogP contribution in [0.25, 0.3) is 0 Å². The second kappa shape index (κ2) is 6.01. The first-order valence-corrected chi connectivity index (χ1v) is 6.41. The van der Waals surface area contributed by atoms with Crippen LogP contribution in [0.15, 0.2) is 42.5 Å². The van der Waals surface area contributed by atoms with E-state index >= 15 is 0 Å². The summed E-state index contributed by atoms with van der Waals surface area (Å²) in [5.41, 5.74) is 7.22. The molecule has 0 bridgehead atoms. The van der Waals surface area contributed by atoms with Gasteiger partial charge in [0.1, 0.15) is 23.5 Å². The van der Waals surface area contributed by atoms with Crippen molar-refractivity contribution in [1.29, 1.82) is 0 Å². The fourth-order valence-electron chi connectivity index (χ4n) is 1.97. The van der Waals surface area contributed by atoms with Crippen LogP contribution in [0.2, 0.25) is 0 Å². The van der Waals surface area contributed by atoms with Gasteiger partial charge in [0, 0.05) is 6.04 Å². The molecule has 0 aliphatic heterocycles. The highest BCUT2D eigenvalue weighted by Gasteiger charge is 2.18. The number of rotatable bonds is 4. The molecule has 0 aliphatic carbocycles. The van der Waals surface area contributed by atoms with E-state index in [1.54, 1.807) is 31.2 Å². The van der Waals surface area contributed by atoms with E-state index < -0.39 is 6.10 Å². The van der Waals surface area contributed by atoms with Gasteiger partial charge in [0.25, 0.3) is 0 Å². The Morgan fingerprint density at radius 3 is 2.25 bits per heavy atom. The zero-order valence-electron chi connectivity index (χ0n) is 11.4. The molecule has 0 saturated carbocycles. The molecule has 2 aromatic carbocycles. The van der Waals surface area contributed by atoms with E-state index in [9.17, 15) is 8.78 Å². The summed E-state index contributed by atoms with van der Waals surface area (Å²) in [6.45, 7) is 3.48. The van der Waals surface area contributed by atoms with Gasteiger partial charge in [-0.25, -0.2) is 8.78 Å². The van der Waals surface area contributed by atoms with E-state index in [-0.39, 0.29) is 17.7 Å². The van der Waals surface area contributed by atoms with E-state index in [0.717, 1.165) is 5.56 Å². The van der Waals surface area contributed by atoms with Gasteiger partial charge in [0.2, 0.25) is 0 Å². The molecule has 2 atom stereocenters. The minimum Gasteiger partial charge on any atom is -0.484 e. The third kappa shape index (κ3) is 3.33. The van der Waals surface area contributed by atoms with Crippen molar-refractivity contribution < 1.29 is 13.5 Å². The van der Waals surface area contributed by atoms with Gasteiger partial charge < -0.3 is 10.5 Å². The maximum atomic E-state index is 13.2. The third-order valence-electron chi connectivity index (χ3n) is 3.07. The highest BCUT2D eigenvalue weighted by atomic mass is 19.1. The second-order valence-corrected chi connectivity index (χ2v) is 4.86. The largest absolute Gasteiger partial charge is 0.484 e. The Bertz CT molecular complexity index is 582. The first-order chi connectivity index (χ1) is 9.47. The van der Waals surface area contributed by atoms with E-state index in [2.05, 4.69) is 0 Å². The van der Waals surface area contributed by atoms with Crippen LogP contribution >= 0.6 is 0 Å². The van der Waals surface area contributed by atoms with Gasteiger partial charge in [-0.15, -0.1) is 0 Å². The Labute approximate surface area is 117 Å². The van der Waals surface area contributed by atoms with Crippen LogP contribution in [-0.2, 0) is 0 Å². The lowest BCUT2D eigenvalue weighted by Crippen LogP contribution is -2.29. The summed E-state index contributed by atoms with van der Waals surface area (Å²) in [5, 5.41) is 0. The van der Waals surface area contributed by atoms with Crippen molar-refractivity contribution in [2.75, 3.05) is 0 Å². The van der Waals surface area contributed by atoms with Gasteiger partial charge in [-0.1, -0.05) is 12.1 Å². The zero-order valence-corrected chi connectivity index (χ0v) is 11.4. The van der Waals surface area contributed by atoms with E-state index in [1.807, 2.05) is 6.92 Å². The van der Waals surface area contributed by atoms with Crippen LogP contribution in [0.4, 0.5) is 8.78 Å². The van der Waals surface area contributed by atoms with Gasteiger partial charge >= 0.3 is 0 Å². The number of halogens is 2. The molecule has 0 spiro atoms. The maximum Gasteiger partial charge on any atom is 0.138 e. The molecular weight excluding hydrogens is 260 g/mol. The molecule has 0 heterocycles. The molecule has 2 rings (SSSR count). The van der Waals surface area contributed by atoms with Crippen LogP contribution in [0, 0.1) is 18.6 Å². The van der Waals surface area contributed by atoms with Crippen molar-refractivity contribution in [3.05, 3.63) is 65.2 Å². The lowest BCUT2D eigenvalue weighted by Gasteiger charge is -2.23. The molecule has 2 N–H and O–H groups in total. The topological polar surface area (TPSA) is 35.2 Å². The fraction of sp³-hybridized carbons (Fsp3) is 0.250. The average Bonchev–Trinajstić information content (AvgIpc) is 2.41. The van der Waals surface area contributed by atoms with Crippen molar-refractivity contribution in [3.8, 4) is 5.75 Å². The Hall–Kier alpha value is -1.94. The van der Waals surface area contributed by atoms with Crippen LogP contribution in [-0.4, -0.2) is 6.04 Å². The predicted molar refractivity (Wildman–Crippen MR) is 74.6 cm³/mol. The highest BCUT2D eigenvalue weighted by Crippen LogP contribution is 2.25. The summed E-state index contributed by atoms with van der Waals surface area (Å²) in [7, 11) is 0. The highest BCUT2D eigenvalue weighted by molar-refractivity contribution is 5.30. The number of nitrogens with two attached hydrogens (primary N) is 1. The Kier molecular flexibility index (Phi) is 4.35. The first kappa shape index (κ1) is 14.5. The summed E-state index contributed by atoms with van der Waals surface area (Å²) in [5.74, 6) is -0.0539. The van der Waals surface area contributed by atoms with E-state index in [4.69, 9.17) is 10.5 Å². The number of hydrogen-bond donors (Lipinski definition) is 1. The van der Waals surface area contributed by atoms with Crippen molar-refractivity contribution in [2.24, 2.45) is 5.73 Å². The minimum atomic E-state index is -0.416. The predicted octanol–water partition coefficient (Wildman–Crippen LogP) is 3.74. The van der Waals surface area contributed by atoms with Gasteiger partial charge in [-0.2, -0.15) is 0 Å². The number of aryl methyl sites for hydroxylation is 1. The average molecular weight is 277 g/mol. The molecule has 0 radical (unpaired) electrons. The van der Waals surface area contributed by atoms with E-state index in [1.165, 1.54) is 18.2 Å². The molecule has 4 heteroatoms. The Morgan fingerprint density at radius 2 is 1.70 bits per heavy atom. The van der Waals surface area contributed by atoms with Crippen LogP contribution < -0.4 is 10.5 Å². The number of benzene rings is 2. The monoisotopic (exact) mass is 277 g/mol. The zero-order chi connectivity index (χ0) is 14.7. The Balaban J connectivity index is 2.25. The minimum absolute atomic E-state index is 0.281. The van der Waals surface area contributed by atoms with Crippen LogP contribution in [0.5, 0.6) is 5.75 Å². The van der Waals surface area contributed by atoms with Gasteiger partial charge in [0.15, 0.2) is 0 Å². The standard InChI is InChI=1S/C16H17F2NO/c1-10-9-14(7-8-15(10)18)20-16(11(2)19)12-3-5-13(17)6-4-12/h3-9,11,16H,19H2,1-2H3. The lowest BCUT2D eigenvalue weighted by molar-refractivity contribution is 0.180. The molecule has 0 saturated heterocycles. The molecule has 0 amide bonds. The molecule has 2 aromatic rings. The number of ether oxygens (including phenoxy) is 1. The molecule has 0 fully saturated rings. The third-order valence-corrected chi connectivity index (χ3v) is 3.07. The molecule has 20 heavy (non-hydrogen) atoms. The number of hydrogen-bond acceptors (Lipinski definition) is 2. The molecule has 106 valence electrons. The second-order valence-electron chi connectivity index (χ2n) is 4.86. The summed E-state index contributed by atoms with van der Waals surface area (Å²) >= 11 is 0. The van der Waals surface area contributed by atoms with Crippen molar-refractivity contribution in [3.63, 3.8) is 0 Å². The molecule has 2 nitrogen and oxygen atoms in total. The summed E-state index contributed by atoms with van der Waals surface area (Å²) < 4.78 is 32.0.